The van der Waals surface area contributed by atoms with Gasteiger partial charge >= 0.3 is 18.1 Å². The fourth-order valence-electron chi connectivity index (χ4n) is 1.81. The third-order valence-electron chi connectivity index (χ3n) is 2.82. The molecule has 1 rings (SSSR count). The van der Waals surface area contributed by atoms with Gasteiger partial charge in [-0.3, -0.25) is 9.59 Å². The molecule has 0 N–H and O–H groups in total. The Morgan fingerprint density at radius 2 is 1.64 bits per heavy atom. The van der Waals surface area contributed by atoms with Crippen molar-refractivity contribution >= 4 is 18.0 Å². The highest BCUT2D eigenvalue weighted by atomic mass is 19.4. The van der Waals surface area contributed by atoms with Gasteiger partial charge in [0.15, 0.2) is 0 Å². The van der Waals surface area contributed by atoms with Crippen LogP contribution in [0.3, 0.4) is 0 Å². The zero-order chi connectivity index (χ0) is 19.3. The van der Waals surface area contributed by atoms with Crippen molar-refractivity contribution in [3.05, 3.63) is 41.5 Å². The van der Waals surface area contributed by atoms with E-state index in [1.54, 1.807) is 27.7 Å². The molecule has 0 aliphatic heterocycles. The Hall–Kier alpha value is -2.31. The molecule has 0 saturated carbocycles. The Morgan fingerprint density at radius 1 is 1.08 bits per heavy atom. The lowest BCUT2D eigenvalue weighted by Crippen LogP contribution is -2.26. The fraction of sp³-hybridized carbons (Fsp3) is 0.444. The fourth-order valence-corrected chi connectivity index (χ4v) is 1.81. The number of carbonyl (C=O) groups excluding carboxylic acids is 2. The SMILES string of the molecule is C[C@@H](C=Cc1ccc(C(F)(F)F)cc1)OC(=O)CC(=O)OC(C)(C)C. The van der Waals surface area contributed by atoms with Gasteiger partial charge in [0, 0.05) is 0 Å². The molecule has 0 unspecified atom stereocenters. The minimum atomic E-state index is -4.38. The summed E-state index contributed by atoms with van der Waals surface area (Å²) in [6.07, 6.45) is -2.49. The first kappa shape index (κ1) is 20.7. The first-order valence-corrected chi connectivity index (χ1v) is 7.63. The van der Waals surface area contributed by atoms with E-state index < -0.39 is 41.8 Å². The van der Waals surface area contributed by atoms with Crippen LogP contribution >= 0.6 is 0 Å². The number of carbonyl (C=O) groups is 2. The van der Waals surface area contributed by atoms with E-state index in [0.29, 0.717) is 5.56 Å². The summed E-state index contributed by atoms with van der Waals surface area (Å²) in [6.45, 7) is 6.64. The summed E-state index contributed by atoms with van der Waals surface area (Å²) in [5.74, 6) is -1.42. The molecule has 0 amide bonds. The van der Waals surface area contributed by atoms with Crippen LogP contribution < -0.4 is 0 Å². The lowest BCUT2D eigenvalue weighted by Gasteiger charge is -2.19. The lowest BCUT2D eigenvalue weighted by molar-refractivity contribution is -0.162. The van der Waals surface area contributed by atoms with Crippen molar-refractivity contribution in [2.75, 3.05) is 0 Å². The molecule has 138 valence electrons. The van der Waals surface area contributed by atoms with Crippen molar-refractivity contribution in [3.8, 4) is 0 Å². The maximum Gasteiger partial charge on any atom is 0.416 e. The summed E-state index contributed by atoms with van der Waals surface area (Å²) in [6, 6.07) is 4.57. The highest BCUT2D eigenvalue weighted by Crippen LogP contribution is 2.29. The second-order valence-corrected chi connectivity index (χ2v) is 6.44. The zero-order valence-electron chi connectivity index (χ0n) is 14.5. The molecule has 0 heterocycles. The summed E-state index contributed by atoms with van der Waals surface area (Å²) in [5, 5.41) is 0. The average molecular weight is 358 g/mol. The van der Waals surface area contributed by atoms with Gasteiger partial charge in [-0.1, -0.05) is 18.2 Å². The Labute approximate surface area is 144 Å². The smallest absolute Gasteiger partial charge is 0.416 e. The molecule has 1 aromatic rings. The Kier molecular flexibility index (Phi) is 6.78. The molecule has 0 radical (unpaired) electrons. The number of rotatable bonds is 5. The highest BCUT2D eigenvalue weighted by Gasteiger charge is 2.29. The molecule has 0 aliphatic carbocycles. The summed E-state index contributed by atoms with van der Waals surface area (Å²) in [4.78, 5) is 23.1. The van der Waals surface area contributed by atoms with Crippen LogP contribution in [0.2, 0.25) is 0 Å². The Morgan fingerprint density at radius 3 is 2.12 bits per heavy atom. The summed E-state index contributed by atoms with van der Waals surface area (Å²) in [5.41, 5.74) is -0.893. The molecule has 0 saturated heterocycles. The molecular formula is C18H21F3O4. The Bertz CT molecular complexity index is 625. The quantitative estimate of drug-likeness (QED) is 0.579. The number of hydrogen-bond acceptors (Lipinski definition) is 4. The van der Waals surface area contributed by atoms with Crippen molar-refractivity contribution in [2.45, 2.75) is 52.0 Å². The zero-order valence-corrected chi connectivity index (χ0v) is 14.5. The van der Waals surface area contributed by atoms with Crippen LogP contribution in [-0.4, -0.2) is 23.6 Å². The third kappa shape index (κ3) is 8.37. The van der Waals surface area contributed by atoms with Crippen LogP contribution in [-0.2, 0) is 25.2 Å². The molecule has 4 nitrogen and oxygen atoms in total. The van der Waals surface area contributed by atoms with Crippen molar-refractivity contribution < 1.29 is 32.2 Å². The predicted octanol–water partition coefficient (Wildman–Crippen LogP) is 4.38. The number of hydrogen-bond donors (Lipinski definition) is 0. The molecule has 0 aliphatic rings. The molecule has 1 aromatic carbocycles. The van der Waals surface area contributed by atoms with Crippen molar-refractivity contribution in [1.29, 1.82) is 0 Å². The molecule has 7 heteroatoms. The summed E-state index contributed by atoms with van der Waals surface area (Å²) < 4.78 is 47.4. The molecule has 0 bridgehead atoms. The van der Waals surface area contributed by atoms with Gasteiger partial charge in [0.1, 0.15) is 18.1 Å². The molecule has 0 spiro atoms. The lowest BCUT2D eigenvalue weighted by atomic mass is 10.1. The van der Waals surface area contributed by atoms with E-state index in [4.69, 9.17) is 9.47 Å². The highest BCUT2D eigenvalue weighted by molar-refractivity contribution is 5.91. The van der Waals surface area contributed by atoms with E-state index >= 15 is 0 Å². The van der Waals surface area contributed by atoms with Crippen LogP contribution in [0.25, 0.3) is 6.08 Å². The normalized spacial score (nSPS) is 13.6. The maximum absolute atomic E-state index is 12.5. The first-order chi connectivity index (χ1) is 11.4. The van der Waals surface area contributed by atoms with Gasteiger partial charge in [-0.15, -0.1) is 0 Å². The number of alkyl halides is 3. The predicted molar refractivity (Wildman–Crippen MR) is 86.5 cm³/mol. The van der Waals surface area contributed by atoms with E-state index in [2.05, 4.69) is 0 Å². The van der Waals surface area contributed by atoms with Crippen LogP contribution in [0.5, 0.6) is 0 Å². The van der Waals surface area contributed by atoms with E-state index in [1.165, 1.54) is 24.3 Å². The van der Waals surface area contributed by atoms with Gasteiger partial charge in [0.2, 0.25) is 0 Å². The van der Waals surface area contributed by atoms with E-state index in [1.807, 2.05) is 0 Å². The van der Waals surface area contributed by atoms with Crippen LogP contribution in [0, 0.1) is 0 Å². The van der Waals surface area contributed by atoms with E-state index in [9.17, 15) is 22.8 Å². The van der Waals surface area contributed by atoms with Gasteiger partial charge in [-0.2, -0.15) is 13.2 Å². The van der Waals surface area contributed by atoms with Gasteiger partial charge in [0.05, 0.1) is 5.56 Å². The first-order valence-electron chi connectivity index (χ1n) is 7.63. The van der Waals surface area contributed by atoms with Crippen molar-refractivity contribution in [3.63, 3.8) is 0 Å². The minimum Gasteiger partial charge on any atom is -0.460 e. The van der Waals surface area contributed by atoms with Gasteiger partial charge in [-0.05, 0) is 51.5 Å². The Balaban J connectivity index is 2.53. The van der Waals surface area contributed by atoms with Gasteiger partial charge in [0.25, 0.3) is 0 Å². The second-order valence-electron chi connectivity index (χ2n) is 6.44. The van der Waals surface area contributed by atoms with Crippen molar-refractivity contribution in [2.24, 2.45) is 0 Å². The van der Waals surface area contributed by atoms with Gasteiger partial charge < -0.3 is 9.47 Å². The monoisotopic (exact) mass is 358 g/mol. The second kappa shape index (κ2) is 8.18. The van der Waals surface area contributed by atoms with E-state index in [-0.39, 0.29) is 0 Å². The van der Waals surface area contributed by atoms with Crippen LogP contribution in [0.1, 0.15) is 45.2 Å². The van der Waals surface area contributed by atoms with E-state index in [0.717, 1.165) is 12.1 Å². The summed E-state index contributed by atoms with van der Waals surface area (Å²) >= 11 is 0. The standard InChI is InChI=1S/C18H21F3O4/c1-12(24-15(22)11-16(23)25-17(2,3)4)5-6-13-7-9-14(10-8-13)18(19,20)21/h5-10,12H,11H2,1-4H3/t12-/m0/s1. The number of benzene rings is 1. The van der Waals surface area contributed by atoms with Crippen molar-refractivity contribution in [1.82, 2.24) is 0 Å². The topological polar surface area (TPSA) is 52.6 Å². The number of esters is 2. The minimum absolute atomic E-state index is 0.504. The average Bonchev–Trinajstić information content (AvgIpc) is 2.42. The largest absolute Gasteiger partial charge is 0.460 e. The van der Waals surface area contributed by atoms with Gasteiger partial charge in [-0.25, -0.2) is 0 Å². The molecule has 0 aromatic heterocycles. The molecule has 0 fully saturated rings. The molecule has 1 atom stereocenters. The summed E-state index contributed by atoms with van der Waals surface area (Å²) in [7, 11) is 0. The number of ether oxygens (including phenoxy) is 2. The van der Waals surface area contributed by atoms with Crippen LogP contribution in [0.15, 0.2) is 30.3 Å². The number of halogens is 3. The maximum atomic E-state index is 12.5. The van der Waals surface area contributed by atoms with Crippen LogP contribution in [0.4, 0.5) is 13.2 Å². The molecule has 25 heavy (non-hydrogen) atoms. The third-order valence-corrected chi connectivity index (χ3v) is 2.82. The molecular weight excluding hydrogens is 337 g/mol.